The number of nitrogens with one attached hydrogen (secondary N) is 1. The molecule has 6 rings (SSSR count). The van der Waals surface area contributed by atoms with E-state index in [0.29, 0.717) is 23.9 Å². The molecule has 2 amide bonds. The number of rotatable bonds is 6. The van der Waals surface area contributed by atoms with Gasteiger partial charge in [0.05, 0.1) is 17.1 Å². The molecule has 2 bridgehead atoms. The molecule has 1 aromatic carbocycles. The standard InChI is InChI=1S/C27H28N6O2S/c1-31(2)27-30-23(24(36-27)17-8-4-3-5-9-17)26(35)33-19-12-11-18(14-19)20(33)15-29-25(34)21-16-28-22-10-6-7-13-32(21)22/h3-10,13,16,18-20H,11-12,14-15H2,1-2H3,(H,29,34)/t18-,19+,20+/m0/s1. The highest BCUT2D eigenvalue weighted by atomic mass is 32.1. The van der Waals surface area contributed by atoms with E-state index in [1.807, 2.05) is 78.6 Å². The smallest absolute Gasteiger partial charge is 0.274 e. The van der Waals surface area contributed by atoms with Crippen molar-refractivity contribution >= 4 is 33.9 Å². The van der Waals surface area contributed by atoms with Crippen LogP contribution in [0.5, 0.6) is 0 Å². The Hall–Kier alpha value is -3.72. The molecule has 8 nitrogen and oxygen atoms in total. The summed E-state index contributed by atoms with van der Waals surface area (Å²) in [7, 11) is 3.89. The number of carbonyl (C=O) groups excluding carboxylic acids is 2. The summed E-state index contributed by atoms with van der Waals surface area (Å²) in [5, 5.41) is 3.90. The van der Waals surface area contributed by atoms with Crippen LogP contribution >= 0.6 is 11.3 Å². The minimum Gasteiger partial charge on any atom is -0.354 e. The monoisotopic (exact) mass is 500 g/mol. The van der Waals surface area contributed by atoms with Gasteiger partial charge in [0.15, 0.2) is 5.13 Å². The molecule has 1 saturated heterocycles. The van der Waals surface area contributed by atoms with E-state index in [1.54, 1.807) is 10.6 Å². The summed E-state index contributed by atoms with van der Waals surface area (Å²) in [4.78, 5) is 41.0. The lowest BCUT2D eigenvalue weighted by Gasteiger charge is -2.35. The molecule has 36 heavy (non-hydrogen) atoms. The first-order valence-electron chi connectivity index (χ1n) is 12.3. The lowest BCUT2D eigenvalue weighted by Crippen LogP contribution is -2.50. The largest absolute Gasteiger partial charge is 0.354 e. The Labute approximate surface area is 213 Å². The minimum absolute atomic E-state index is 0.0422. The Bertz CT molecular complexity index is 1430. The summed E-state index contributed by atoms with van der Waals surface area (Å²) in [5.74, 6) is 0.158. The molecular weight excluding hydrogens is 472 g/mol. The molecule has 2 fully saturated rings. The van der Waals surface area contributed by atoms with Gasteiger partial charge in [-0.2, -0.15) is 0 Å². The predicted molar refractivity (Wildman–Crippen MR) is 140 cm³/mol. The van der Waals surface area contributed by atoms with Gasteiger partial charge in [0.2, 0.25) is 0 Å². The highest BCUT2D eigenvalue weighted by Crippen LogP contribution is 2.44. The number of piperidine rings is 1. The van der Waals surface area contributed by atoms with E-state index in [0.717, 1.165) is 40.5 Å². The first-order chi connectivity index (χ1) is 17.5. The van der Waals surface area contributed by atoms with Crippen molar-refractivity contribution in [2.45, 2.75) is 31.3 Å². The van der Waals surface area contributed by atoms with Gasteiger partial charge in [-0.15, -0.1) is 0 Å². The van der Waals surface area contributed by atoms with Crippen LogP contribution in [-0.4, -0.2) is 63.8 Å². The molecule has 1 N–H and O–H groups in total. The molecule has 2 aliphatic rings. The number of likely N-dealkylation sites (tertiary alicyclic amines) is 1. The number of benzene rings is 1. The summed E-state index contributed by atoms with van der Waals surface area (Å²) < 4.78 is 1.78. The van der Waals surface area contributed by atoms with Gasteiger partial charge >= 0.3 is 0 Å². The minimum atomic E-state index is -0.183. The second kappa shape index (κ2) is 9.05. The average Bonchev–Trinajstić information content (AvgIpc) is 3.69. The molecule has 1 aliphatic heterocycles. The van der Waals surface area contributed by atoms with Gasteiger partial charge in [0, 0.05) is 32.9 Å². The number of imidazole rings is 1. The number of aromatic nitrogens is 3. The lowest BCUT2D eigenvalue weighted by atomic mass is 9.98. The molecule has 184 valence electrons. The number of nitrogens with zero attached hydrogens (tertiary/aromatic N) is 5. The van der Waals surface area contributed by atoms with Crippen LogP contribution < -0.4 is 10.2 Å². The van der Waals surface area contributed by atoms with Crippen molar-refractivity contribution in [2.24, 2.45) is 5.92 Å². The highest BCUT2D eigenvalue weighted by Gasteiger charge is 2.49. The molecule has 3 atom stereocenters. The zero-order chi connectivity index (χ0) is 24.8. The normalized spacial score (nSPS) is 20.7. The van der Waals surface area contributed by atoms with E-state index in [2.05, 4.69) is 10.3 Å². The molecular formula is C27H28N6O2S. The lowest BCUT2D eigenvalue weighted by molar-refractivity contribution is 0.0577. The number of carbonyl (C=O) groups is 2. The van der Waals surface area contributed by atoms with Gasteiger partial charge in [-0.05, 0) is 42.9 Å². The maximum absolute atomic E-state index is 14.1. The molecule has 3 aromatic heterocycles. The number of thiazole rings is 1. The predicted octanol–water partition coefficient (Wildman–Crippen LogP) is 3.95. The number of pyridine rings is 1. The second-order valence-electron chi connectivity index (χ2n) is 9.72. The summed E-state index contributed by atoms with van der Waals surface area (Å²) in [5.41, 5.74) is 2.72. The quantitative estimate of drug-likeness (QED) is 0.434. The Balaban J connectivity index is 1.27. The summed E-state index contributed by atoms with van der Waals surface area (Å²) in [6.45, 7) is 0.414. The molecule has 0 spiro atoms. The van der Waals surface area contributed by atoms with Crippen LogP contribution in [0, 0.1) is 5.92 Å². The van der Waals surface area contributed by atoms with Crippen molar-refractivity contribution in [2.75, 3.05) is 25.5 Å². The zero-order valence-corrected chi connectivity index (χ0v) is 21.1. The van der Waals surface area contributed by atoms with Gasteiger partial charge in [-0.3, -0.25) is 14.0 Å². The molecule has 9 heteroatoms. The van der Waals surface area contributed by atoms with Crippen LogP contribution in [0.1, 0.15) is 40.2 Å². The van der Waals surface area contributed by atoms with Crippen molar-refractivity contribution in [1.82, 2.24) is 24.6 Å². The molecule has 0 unspecified atom stereocenters. The number of anilines is 1. The van der Waals surface area contributed by atoms with Crippen molar-refractivity contribution in [1.29, 1.82) is 0 Å². The SMILES string of the molecule is CN(C)c1nc(C(=O)N2[C@@H]3CC[C@@H](C3)[C@H]2CNC(=O)c2cnc3ccccn23)c(-c2ccccc2)s1. The Kier molecular flexibility index (Phi) is 5.72. The molecule has 0 radical (unpaired) electrons. The van der Waals surface area contributed by atoms with Gasteiger partial charge in [-0.25, -0.2) is 9.97 Å². The first kappa shape index (κ1) is 22.7. The van der Waals surface area contributed by atoms with Gasteiger partial charge in [-0.1, -0.05) is 47.7 Å². The third-order valence-electron chi connectivity index (χ3n) is 7.33. The second-order valence-corrected chi connectivity index (χ2v) is 10.7. The molecule has 4 heterocycles. The number of hydrogen-bond donors (Lipinski definition) is 1. The third kappa shape index (κ3) is 3.83. The first-order valence-corrected chi connectivity index (χ1v) is 13.1. The topological polar surface area (TPSA) is 82.8 Å². The van der Waals surface area contributed by atoms with Crippen LogP contribution in [-0.2, 0) is 0 Å². The van der Waals surface area contributed by atoms with Crippen molar-refractivity contribution < 1.29 is 9.59 Å². The zero-order valence-electron chi connectivity index (χ0n) is 20.3. The molecule has 1 aliphatic carbocycles. The Morgan fingerprint density at radius 1 is 1.11 bits per heavy atom. The van der Waals surface area contributed by atoms with E-state index < -0.39 is 0 Å². The van der Waals surface area contributed by atoms with Gasteiger partial charge in [0.25, 0.3) is 11.8 Å². The fourth-order valence-corrected chi connectivity index (χ4v) is 6.60. The van der Waals surface area contributed by atoms with Crippen molar-refractivity contribution in [3.8, 4) is 10.4 Å². The fraction of sp³-hybridized carbons (Fsp3) is 0.333. The summed E-state index contributed by atoms with van der Waals surface area (Å²) in [6.07, 6.45) is 6.49. The van der Waals surface area contributed by atoms with Gasteiger partial charge < -0.3 is 15.1 Å². The fourth-order valence-electron chi connectivity index (χ4n) is 5.61. The molecule has 4 aromatic rings. The van der Waals surface area contributed by atoms with E-state index in [-0.39, 0.29) is 23.9 Å². The van der Waals surface area contributed by atoms with Crippen LogP contribution in [0.15, 0.2) is 60.9 Å². The molecule has 1 saturated carbocycles. The van der Waals surface area contributed by atoms with E-state index in [9.17, 15) is 9.59 Å². The van der Waals surface area contributed by atoms with Crippen molar-refractivity contribution in [3.05, 3.63) is 72.3 Å². The third-order valence-corrected chi connectivity index (χ3v) is 8.61. The van der Waals surface area contributed by atoms with Crippen LogP contribution in [0.3, 0.4) is 0 Å². The number of hydrogen-bond acceptors (Lipinski definition) is 6. The maximum atomic E-state index is 14.1. The van der Waals surface area contributed by atoms with Crippen LogP contribution in [0.25, 0.3) is 16.1 Å². The van der Waals surface area contributed by atoms with Crippen LogP contribution in [0.4, 0.5) is 5.13 Å². The van der Waals surface area contributed by atoms with E-state index >= 15 is 0 Å². The van der Waals surface area contributed by atoms with Gasteiger partial charge in [0.1, 0.15) is 17.0 Å². The summed E-state index contributed by atoms with van der Waals surface area (Å²) in [6, 6.07) is 15.8. The number of amides is 2. The maximum Gasteiger partial charge on any atom is 0.274 e. The van der Waals surface area contributed by atoms with E-state index in [4.69, 9.17) is 4.98 Å². The Morgan fingerprint density at radius 3 is 2.72 bits per heavy atom. The average molecular weight is 501 g/mol. The summed E-state index contributed by atoms with van der Waals surface area (Å²) >= 11 is 1.53. The van der Waals surface area contributed by atoms with Crippen molar-refractivity contribution in [3.63, 3.8) is 0 Å². The Morgan fingerprint density at radius 2 is 1.92 bits per heavy atom. The van der Waals surface area contributed by atoms with E-state index in [1.165, 1.54) is 11.3 Å². The number of fused-ring (bicyclic) bond motifs is 3. The van der Waals surface area contributed by atoms with Crippen LogP contribution in [0.2, 0.25) is 0 Å². The highest BCUT2D eigenvalue weighted by molar-refractivity contribution is 7.19.